The zero-order valence-electron chi connectivity index (χ0n) is 10.5. The monoisotopic (exact) mass is 318 g/mol. The highest BCUT2D eigenvalue weighted by atomic mass is 79.9. The second-order valence-corrected chi connectivity index (χ2v) is 5.28. The molecule has 0 saturated carbocycles. The first-order chi connectivity index (χ1) is 9.08. The van der Waals surface area contributed by atoms with E-state index in [1.54, 1.807) is 24.0 Å². The molecule has 0 aliphatic carbocycles. The zero-order valence-corrected chi connectivity index (χ0v) is 12.1. The lowest BCUT2D eigenvalue weighted by atomic mass is 10.1. The fraction of sp³-hybridized carbons (Fsp3) is 0.143. The first-order valence-electron chi connectivity index (χ1n) is 5.79. The Morgan fingerprint density at radius 1 is 1.37 bits per heavy atom. The Bertz CT molecular complexity index is 786. The number of nitrogens with zero attached hydrogens (tertiary/aromatic N) is 2. The highest BCUT2D eigenvalue weighted by molar-refractivity contribution is 9.10. The molecule has 0 spiro atoms. The number of aromatic nitrogens is 2. The SMILES string of the molecule is Cc1c(C(=O)c2ccnn2C)oc2cc(Br)ccc12. The Balaban J connectivity index is 2.18. The number of benzene rings is 1. The van der Waals surface area contributed by atoms with E-state index in [-0.39, 0.29) is 5.78 Å². The highest BCUT2D eigenvalue weighted by Gasteiger charge is 2.21. The largest absolute Gasteiger partial charge is 0.452 e. The number of fused-ring (bicyclic) bond motifs is 1. The van der Waals surface area contributed by atoms with Gasteiger partial charge in [0, 0.05) is 28.7 Å². The topological polar surface area (TPSA) is 48.0 Å². The predicted octanol–water partition coefficient (Wildman–Crippen LogP) is 3.47. The van der Waals surface area contributed by atoms with Crippen LogP contribution < -0.4 is 0 Å². The molecule has 5 heteroatoms. The van der Waals surface area contributed by atoms with Crippen molar-refractivity contribution in [1.82, 2.24) is 9.78 Å². The summed E-state index contributed by atoms with van der Waals surface area (Å²) in [6.45, 7) is 1.89. The van der Waals surface area contributed by atoms with Crippen LogP contribution in [0.1, 0.15) is 21.8 Å². The van der Waals surface area contributed by atoms with Gasteiger partial charge in [-0.25, -0.2) is 0 Å². The summed E-state index contributed by atoms with van der Waals surface area (Å²) in [5, 5.41) is 4.96. The number of furan rings is 1. The van der Waals surface area contributed by atoms with Crippen LogP contribution in [0.15, 0.2) is 39.4 Å². The maximum absolute atomic E-state index is 12.4. The van der Waals surface area contributed by atoms with Crippen LogP contribution in [-0.2, 0) is 7.05 Å². The van der Waals surface area contributed by atoms with Crippen molar-refractivity contribution in [2.24, 2.45) is 7.05 Å². The van der Waals surface area contributed by atoms with Gasteiger partial charge < -0.3 is 4.42 Å². The fourth-order valence-corrected chi connectivity index (χ4v) is 2.47. The Hall–Kier alpha value is -1.88. The van der Waals surface area contributed by atoms with Crippen molar-refractivity contribution in [3.8, 4) is 0 Å². The van der Waals surface area contributed by atoms with Gasteiger partial charge in [0.05, 0.1) is 0 Å². The van der Waals surface area contributed by atoms with Crippen molar-refractivity contribution in [3.05, 3.63) is 52.0 Å². The number of hydrogen-bond acceptors (Lipinski definition) is 3. The third-order valence-electron chi connectivity index (χ3n) is 3.16. The molecule has 96 valence electrons. The van der Waals surface area contributed by atoms with E-state index in [4.69, 9.17) is 4.42 Å². The molecule has 3 aromatic rings. The number of halogens is 1. The average molecular weight is 319 g/mol. The van der Waals surface area contributed by atoms with E-state index < -0.39 is 0 Å². The van der Waals surface area contributed by atoms with E-state index in [0.717, 1.165) is 15.4 Å². The molecular formula is C14H11BrN2O2. The molecule has 0 aliphatic heterocycles. The second-order valence-electron chi connectivity index (χ2n) is 4.37. The van der Waals surface area contributed by atoms with E-state index in [2.05, 4.69) is 21.0 Å². The normalized spacial score (nSPS) is 11.1. The van der Waals surface area contributed by atoms with Gasteiger partial charge in [-0.05, 0) is 31.2 Å². The third kappa shape index (κ3) is 1.90. The van der Waals surface area contributed by atoms with Crippen molar-refractivity contribution in [3.63, 3.8) is 0 Å². The summed E-state index contributed by atoms with van der Waals surface area (Å²) in [7, 11) is 1.74. The molecule has 2 aromatic heterocycles. The smallest absolute Gasteiger partial charge is 0.246 e. The minimum Gasteiger partial charge on any atom is -0.452 e. The van der Waals surface area contributed by atoms with Crippen molar-refractivity contribution in [2.45, 2.75) is 6.92 Å². The molecule has 0 atom stereocenters. The van der Waals surface area contributed by atoms with Crippen LogP contribution in [0.25, 0.3) is 11.0 Å². The van der Waals surface area contributed by atoms with Crippen LogP contribution in [0, 0.1) is 6.92 Å². The van der Waals surface area contributed by atoms with Crippen molar-refractivity contribution in [1.29, 1.82) is 0 Å². The third-order valence-corrected chi connectivity index (χ3v) is 3.65. The van der Waals surface area contributed by atoms with Crippen LogP contribution in [0.2, 0.25) is 0 Å². The Morgan fingerprint density at radius 3 is 2.84 bits per heavy atom. The van der Waals surface area contributed by atoms with Gasteiger partial charge in [-0.1, -0.05) is 15.9 Å². The number of carbonyl (C=O) groups excluding carboxylic acids is 1. The summed E-state index contributed by atoms with van der Waals surface area (Å²) >= 11 is 3.39. The Labute approximate surface area is 118 Å². The van der Waals surface area contributed by atoms with Crippen molar-refractivity contribution >= 4 is 32.7 Å². The summed E-state index contributed by atoms with van der Waals surface area (Å²) in [6.07, 6.45) is 1.60. The predicted molar refractivity (Wildman–Crippen MR) is 75.3 cm³/mol. The summed E-state index contributed by atoms with van der Waals surface area (Å²) in [5.74, 6) is 0.224. The fourth-order valence-electron chi connectivity index (χ4n) is 2.13. The quantitative estimate of drug-likeness (QED) is 0.680. The number of rotatable bonds is 2. The number of aryl methyl sites for hydroxylation is 2. The van der Waals surface area contributed by atoms with Crippen LogP contribution in [-0.4, -0.2) is 15.6 Å². The van der Waals surface area contributed by atoms with E-state index in [1.807, 2.05) is 25.1 Å². The zero-order chi connectivity index (χ0) is 13.6. The molecule has 0 saturated heterocycles. The Morgan fingerprint density at radius 2 is 2.16 bits per heavy atom. The summed E-state index contributed by atoms with van der Waals surface area (Å²) in [5.41, 5.74) is 2.08. The second kappa shape index (κ2) is 4.35. The minimum absolute atomic E-state index is 0.148. The molecule has 0 amide bonds. The van der Waals surface area contributed by atoms with Crippen LogP contribution in [0.5, 0.6) is 0 Å². The van der Waals surface area contributed by atoms with Crippen LogP contribution in [0.3, 0.4) is 0 Å². The average Bonchev–Trinajstić information content (AvgIpc) is 2.93. The van der Waals surface area contributed by atoms with Gasteiger partial charge >= 0.3 is 0 Å². The molecule has 0 aliphatic rings. The number of carbonyl (C=O) groups is 1. The molecule has 3 rings (SSSR count). The highest BCUT2D eigenvalue weighted by Crippen LogP contribution is 2.29. The Kier molecular flexibility index (Phi) is 2.78. The van der Waals surface area contributed by atoms with Gasteiger partial charge in [-0.15, -0.1) is 0 Å². The maximum Gasteiger partial charge on any atom is 0.246 e. The van der Waals surface area contributed by atoms with Gasteiger partial charge in [0.1, 0.15) is 11.3 Å². The van der Waals surface area contributed by atoms with Crippen molar-refractivity contribution in [2.75, 3.05) is 0 Å². The molecular weight excluding hydrogens is 308 g/mol. The molecule has 0 radical (unpaired) electrons. The van der Waals surface area contributed by atoms with Gasteiger partial charge in [-0.2, -0.15) is 5.10 Å². The van der Waals surface area contributed by atoms with Gasteiger partial charge in [0.2, 0.25) is 5.78 Å². The van der Waals surface area contributed by atoms with E-state index in [9.17, 15) is 4.79 Å². The summed E-state index contributed by atoms with van der Waals surface area (Å²) in [6, 6.07) is 7.43. The van der Waals surface area contributed by atoms with Gasteiger partial charge in [-0.3, -0.25) is 9.48 Å². The number of hydrogen-bond donors (Lipinski definition) is 0. The maximum atomic E-state index is 12.4. The van der Waals surface area contributed by atoms with Gasteiger partial charge in [0.15, 0.2) is 5.76 Å². The van der Waals surface area contributed by atoms with E-state index >= 15 is 0 Å². The molecule has 2 heterocycles. The first-order valence-corrected chi connectivity index (χ1v) is 6.58. The minimum atomic E-state index is -0.148. The van der Waals surface area contributed by atoms with Gasteiger partial charge in [0.25, 0.3) is 0 Å². The lowest BCUT2D eigenvalue weighted by Gasteiger charge is -1.98. The molecule has 0 fully saturated rings. The number of ketones is 1. The lowest BCUT2D eigenvalue weighted by Crippen LogP contribution is -2.08. The lowest BCUT2D eigenvalue weighted by molar-refractivity contribution is 0.100. The molecule has 0 N–H and O–H groups in total. The van der Waals surface area contributed by atoms with E-state index in [1.165, 1.54) is 0 Å². The first kappa shape index (κ1) is 12.2. The van der Waals surface area contributed by atoms with Crippen LogP contribution >= 0.6 is 15.9 Å². The van der Waals surface area contributed by atoms with E-state index in [0.29, 0.717) is 17.0 Å². The molecule has 19 heavy (non-hydrogen) atoms. The standard InChI is InChI=1S/C14H11BrN2O2/c1-8-10-4-3-9(15)7-12(10)19-14(8)13(18)11-5-6-16-17(11)2/h3-7H,1-2H3. The molecule has 0 bridgehead atoms. The van der Waals surface area contributed by atoms with Crippen molar-refractivity contribution < 1.29 is 9.21 Å². The summed E-state index contributed by atoms with van der Waals surface area (Å²) < 4.78 is 8.17. The molecule has 4 nitrogen and oxygen atoms in total. The van der Waals surface area contributed by atoms with Crippen LogP contribution in [0.4, 0.5) is 0 Å². The molecule has 0 unspecified atom stereocenters. The molecule has 1 aromatic carbocycles. The summed E-state index contributed by atoms with van der Waals surface area (Å²) in [4.78, 5) is 12.4.